The molecule has 6 aromatic heterocycles. The first-order valence-corrected chi connectivity index (χ1v) is 11.4. The average molecular weight is 469 g/mol. The van der Waals surface area contributed by atoms with Crippen LogP contribution in [0, 0.1) is 0 Å². The molecule has 0 unspecified atom stereocenters. The molecule has 6 heteroatoms. The van der Waals surface area contributed by atoms with E-state index in [1.165, 1.54) is 0 Å². The molecule has 0 saturated carbocycles. The molecule has 0 spiro atoms. The van der Waals surface area contributed by atoms with Gasteiger partial charge in [0, 0.05) is 37.2 Å². The van der Waals surface area contributed by atoms with E-state index in [1.807, 2.05) is 109 Å². The molecule has 0 aliphatic carbocycles. The SMILES string of the molecule is c1ccc(-c2ccccn2)nc1.c1ccc(-c2ccccn2)nc1.c1ccc(-c2ccccn2)nc1. The number of nitrogens with zero attached hydrogens (tertiary/aromatic N) is 6. The maximum absolute atomic E-state index is 4.19. The average Bonchev–Trinajstić information content (AvgIpc) is 3.01. The molecule has 0 atom stereocenters. The van der Waals surface area contributed by atoms with Crippen molar-refractivity contribution < 1.29 is 0 Å². The van der Waals surface area contributed by atoms with Gasteiger partial charge < -0.3 is 0 Å². The maximum atomic E-state index is 4.19. The Morgan fingerprint density at radius 2 is 0.389 bits per heavy atom. The van der Waals surface area contributed by atoms with E-state index in [-0.39, 0.29) is 0 Å². The third-order valence-corrected chi connectivity index (χ3v) is 4.78. The van der Waals surface area contributed by atoms with Crippen molar-refractivity contribution in [1.82, 2.24) is 29.9 Å². The van der Waals surface area contributed by atoms with Crippen LogP contribution in [0.2, 0.25) is 0 Å². The number of pyridine rings is 6. The van der Waals surface area contributed by atoms with Crippen LogP contribution in [0.3, 0.4) is 0 Å². The summed E-state index contributed by atoms with van der Waals surface area (Å²) in [5, 5.41) is 0. The summed E-state index contributed by atoms with van der Waals surface area (Å²) in [6.07, 6.45) is 10.6. The zero-order valence-electron chi connectivity index (χ0n) is 19.5. The molecule has 0 amide bonds. The van der Waals surface area contributed by atoms with Crippen LogP contribution in [0.1, 0.15) is 0 Å². The Morgan fingerprint density at radius 1 is 0.222 bits per heavy atom. The van der Waals surface area contributed by atoms with Gasteiger partial charge in [-0.05, 0) is 72.8 Å². The number of hydrogen-bond donors (Lipinski definition) is 0. The summed E-state index contributed by atoms with van der Waals surface area (Å²) in [6.45, 7) is 0. The normalized spacial score (nSPS) is 9.67. The Balaban J connectivity index is 0.000000127. The van der Waals surface area contributed by atoms with Crippen molar-refractivity contribution in [3.05, 3.63) is 146 Å². The maximum Gasteiger partial charge on any atom is 0.0886 e. The van der Waals surface area contributed by atoms with Crippen molar-refractivity contribution in [2.75, 3.05) is 0 Å². The molecule has 0 aliphatic heterocycles. The van der Waals surface area contributed by atoms with Gasteiger partial charge in [0.05, 0.1) is 34.2 Å². The van der Waals surface area contributed by atoms with Gasteiger partial charge in [0.25, 0.3) is 0 Å². The quantitative estimate of drug-likeness (QED) is 0.298. The van der Waals surface area contributed by atoms with E-state index >= 15 is 0 Å². The summed E-state index contributed by atoms with van der Waals surface area (Å²) in [5.74, 6) is 0. The lowest BCUT2D eigenvalue weighted by Gasteiger charge is -1.96. The molecule has 6 heterocycles. The molecule has 0 radical (unpaired) electrons. The molecule has 0 aliphatic rings. The van der Waals surface area contributed by atoms with Gasteiger partial charge in [-0.2, -0.15) is 0 Å². The van der Waals surface area contributed by atoms with Gasteiger partial charge >= 0.3 is 0 Å². The Bertz CT molecular complexity index is 1090. The summed E-state index contributed by atoms with van der Waals surface area (Å²) in [4.78, 5) is 25.1. The molecule has 174 valence electrons. The summed E-state index contributed by atoms with van der Waals surface area (Å²) >= 11 is 0. The Hall–Kier alpha value is -5.10. The zero-order valence-corrected chi connectivity index (χ0v) is 19.5. The lowest BCUT2D eigenvalue weighted by Crippen LogP contribution is -1.83. The highest BCUT2D eigenvalue weighted by Gasteiger charge is 1.97. The van der Waals surface area contributed by atoms with Gasteiger partial charge in [-0.25, -0.2) is 0 Å². The van der Waals surface area contributed by atoms with Crippen LogP contribution >= 0.6 is 0 Å². The summed E-state index contributed by atoms with van der Waals surface area (Å²) in [6, 6.07) is 34.8. The number of rotatable bonds is 3. The molecule has 0 bridgehead atoms. The number of aromatic nitrogens is 6. The van der Waals surface area contributed by atoms with Crippen molar-refractivity contribution in [1.29, 1.82) is 0 Å². The second-order valence-electron chi connectivity index (χ2n) is 7.29. The van der Waals surface area contributed by atoms with Gasteiger partial charge in [0.2, 0.25) is 0 Å². The van der Waals surface area contributed by atoms with Crippen LogP contribution in [-0.2, 0) is 0 Å². The fourth-order valence-electron chi connectivity index (χ4n) is 3.09. The van der Waals surface area contributed by atoms with Gasteiger partial charge in [-0.15, -0.1) is 0 Å². The Kier molecular flexibility index (Phi) is 9.06. The van der Waals surface area contributed by atoms with Crippen LogP contribution in [0.25, 0.3) is 34.2 Å². The minimum absolute atomic E-state index is 0.915. The van der Waals surface area contributed by atoms with Gasteiger partial charge in [-0.1, -0.05) is 36.4 Å². The van der Waals surface area contributed by atoms with E-state index in [4.69, 9.17) is 0 Å². The van der Waals surface area contributed by atoms with Crippen LogP contribution in [0.4, 0.5) is 0 Å². The predicted octanol–water partition coefficient (Wildman–Crippen LogP) is 6.43. The van der Waals surface area contributed by atoms with E-state index in [0.717, 1.165) is 34.2 Å². The first-order chi connectivity index (χ1) is 17.9. The predicted molar refractivity (Wildman–Crippen MR) is 142 cm³/mol. The first kappa shape index (κ1) is 24.0. The minimum atomic E-state index is 0.915. The summed E-state index contributed by atoms with van der Waals surface area (Å²) < 4.78 is 0. The Morgan fingerprint density at radius 3 is 0.500 bits per heavy atom. The van der Waals surface area contributed by atoms with E-state index in [9.17, 15) is 0 Å². The zero-order chi connectivity index (χ0) is 24.7. The minimum Gasteiger partial charge on any atom is -0.255 e. The monoisotopic (exact) mass is 468 g/mol. The molecule has 0 N–H and O–H groups in total. The summed E-state index contributed by atoms with van der Waals surface area (Å²) in [5.41, 5.74) is 5.49. The third kappa shape index (κ3) is 7.46. The number of hydrogen-bond acceptors (Lipinski definition) is 6. The molecule has 0 fully saturated rings. The van der Waals surface area contributed by atoms with Crippen molar-refractivity contribution in [3.63, 3.8) is 0 Å². The second-order valence-corrected chi connectivity index (χ2v) is 7.29. The fraction of sp³-hybridized carbons (Fsp3) is 0. The van der Waals surface area contributed by atoms with Crippen molar-refractivity contribution in [2.45, 2.75) is 0 Å². The third-order valence-electron chi connectivity index (χ3n) is 4.78. The first-order valence-electron chi connectivity index (χ1n) is 11.4. The van der Waals surface area contributed by atoms with Crippen molar-refractivity contribution >= 4 is 0 Å². The highest BCUT2D eigenvalue weighted by Crippen LogP contribution is 2.12. The molecule has 0 saturated heterocycles. The van der Waals surface area contributed by atoms with Crippen molar-refractivity contribution in [3.8, 4) is 34.2 Å². The molecule has 6 aromatic rings. The molecule has 6 rings (SSSR count). The molecule has 0 aromatic carbocycles. The van der Waals surface area contributed by atoms with E-state index < -0.39 is 0 Å². The van der Waals surface area contributed by atoms with Gasteiger partial charge in [0.15, 0.2) is 0 Å². The highest BCUT2D eigenvalue weighted by atomic mass is 14.8. The smallest absolute Gasteiger partial charge is 0.0886 e. The topological polar surface area (TPSA) is 77.3 Å². The van der Waals surface area contributed by atoms with Crippen molar-refractivity contribution in [2.24, 2.45) is 0 Å². The lowest BCUT2D eigenvalue weighted by molar-refractivity contribution is 1.25. The molecule has 36 heavy (non-hydrogen) atoms. The van der Waals surface area contributed by atoms with Gasteiger partial charge in [0.1, 0.15) is 0 Å². The van der Waals surface area contributed by atoms with Crippen LogP contribution in [0.5, 0.6) is 0 Å². The lowest BCUT2D eigenvalue weighted by atomic mass is 10.2. The highest BCUT2D eigenvalue weighted by molar-refractivity contribution is 5.54. The van der Waals surface area contributed by atoms with E-state index in [0.29, 0.717) is 0 Å². The summed E-state index contributed by atoms with van der Waals surface area (Å²) in [7, 11) is 0. The van der Waals surface area contributed by atoms with Crippen LogP contribution < -0.4 is 0 Å². The standard InChI is InChI=1S/3C10H8N2/c3*1-3-7-11-9(5-1)10-6-2-4-8-12-10/h3*1-8H. The molecular formula is C30H24N6. The van der Waals surface area contributed by atoms with Crippen LogP contribution in [0.15, 0.2) is 146 Å². The fourth-order valence-corrected chi connectivity index (χ4v) is 3.09. The van der Waals surface area contributed by atoms with E-state index in [1.54, 1.807) is 37.2 Å². The van der Waals surface area contributed by atoms with Gasteiger partial charge in [-0.3, -0.25) is 29.9 Å². The Labute approximate surface area is 210 Å². The second kappa shape index (κ2) is 13.6. The molecular weight excluding hydrogens is 444 g/mol. The molecule has 6 nitrogen and oxygen atoms in total. The van der Waals surface area contributed by atoms with Crippen LogP contribution in [-0.4, -0.2) is 29.9 Å². The van der Waals surface area contributed by atoms with E-state index in [2.05, 4.69) is 29.9 Å². The largest absolute Gasteiger partial charge is 0.255 e.